The Labute approximate surface area is 199 Å². The number of Topliss-reactive ketones (excluding diaryl/α,β-unsaturated/α-hetero) is 1. The number of likely N-dealkylation sites (tertiary alicyclic amines) is 1. The van der Waals surface area contributed by atoms with Crippen molar-refractivity contribution in [3.05, 3.63) is 83.2 Å². The van der Waals surface area contributed by atoms with Gasteiger partial charge in [-0.05, 0) is 49.8 Å². The van der Waals surface area contributed by atoms with Gasteiger partial charge in [0.25, 0.3) is 11.7 Å². The third-order valence-corrected chi connectivity index (χ3v) is 6.11. The number of carbonyl (C=O) groups is 2. The van der Waals surface area contributed by atoms with Crippen LogP contribution >= 0.6 is 0 Å². The first-order valence-corrected chi connectivity index (χ1v) is 11.4. The van der Waals surface area contributed by atoms with Crippen LogP contribution in [0.15, 0.2) is 60.7 Å². The topological polar surface area (TPSA) is 70.1 Å². The first-order chi connectivity index (χ1) is 16.3. The van der Waals surface area contributed by atoms with E-state index in [0.29, 0.717) is 30.0 Å². The van der Waals surface area contributed by atoms with Gasteiger partial charge in [0.2, 0.25) is 0 Å². The molecule has 0 bridgehead atoms. The number of carbonyl (C=O) groups excluding carboxylic acids is 2. The van der Waals surface area contributed by atoms with Crippen LogP contribution < -0.4 is 4.74 Å². The smallest absolute Gasteiger partial charge is 0.295 e. The van der Waals surface area contributed by atoms with Crippen LogP contribution in [0.5, 0.6) is 5.75 Å². The Hall–Kier alpha value is -3.45. The number of benzene rings is 2. The highest BCUT2D eigenvalue weighted by atomic mass is 19.1. The third kappa shape index (κ3) is 5.04. The Morgan fingerprint density at radius 1 is 1.21 bits per heavy atom. The summed E-state index contributed by atoms with van der Waals surface area (Å²) in [6.07, 6.45) is 1.62. The molecule has 1 heterocycles. The van der Waals surface area contributed by atoms with Gasteiger partial charge in [-0.2, -0.15) is 0 Å². The SMILES string of the molecule is C=CCOc1ccc(C(O)=C2C(=O)C(=O)N(CCN(CC)CC)[C@@H]2c2ccccc2F)c(C)c1. The Balaban J connectivity index is 2.10. The summed E-state index contributed by atoms with van der Waals surface area (Å²) in [6.45, 7) is 12.1. The minimum Gasteiger partial charge on any atom is -0.507 e. The molecule has 2 aromatic rings. The predicted molar refractivity (Wildman–Crippen MR) is 130 cm³/mol. The average Bonchev–Trinajstić information content (AvgIpc) is 3.08. The second-order valence-electron chi connectivity index (χ2n) is 8.12. The van der Waals surface area contributed by atoms with E-state index < -0.39 is 23.5 Å². The second kappa shape index (κ2) is 11.1. The normalized spacial score (nSPS) is 17.4. The van der Waals surface area contributed by atoms with Crippen LogP contribution in [0.4, 0.5) is 4.39 Å². The molecule has 1 aliphatic heterocycles. The van der Waals surface area contributed by atoms with Gasteiger partial charge < -0.3 is 19.6 Å². The van der Waals surface area contributed by atoms with Crippen molar-refractivity contribution in [2.75, 3.05) is 32.8 Å². The van der Waals surface area contributed by atoms with E-state index in [1.807, 2.05) is 13.8 Å². The van der Waals surface area contributed by atoms with Crippen molar-refractivity contribution in [2.24, 2.45) is 0 Å². The zero-order valence-corrected chi connectivity index (χ0v) is 19.9. The Bertz CT molecular complexity index is 1110. The number of aliphatic hydroxyl groups excluding tert-OH is 1. The largest absolute Gasteiger partial charge is 0.507 e. The fraction of sp³-hybridized carbons (Fsp3) is 0.333. The Kier molecular flexibility index (Phi) is 8.23. The quantitative estimate of drug-likeness (QED) is 0.242. The molecule has 1 N–H and O–H groups in total. The number of likely N-dealkylation sites (N-methyl/N-ethyl adjacent to an activating group) is 1. The van der Waals surface area contributed by atoms with E-state index in [2.05, 4.69) is 11.5 Å². The molecule has 7 heteroatoms. The van der Waals surface area contributed by atoms with Crippen LogP contribution in [0.3, 0.4) is 0 Å². The average molecular weight is 467 g/mol. The lowest BCUT2D eigenvalue weighted by Crippen LogP contribution is -2.38. The van der Waals surface area contributed by atoms with E-state index >= 15 is 0 Å². The Morgan fingerprint density at radius 3 is 2.53 bits per heavy atom. The number of aliphatic hydroxyl groups is 1. The van der Waals surface area contributed by atoms with Crippen molar-refractivity contribution in [1.82, 2.24) is 9.80 Å². The maximum absolute atomic E-state index is 14.9. The van der Waals surface area contributed by atoms with Crippen LogP contribution in [0.1, 0.15) is 36.6 Å². The van der Waals surface area contributed by atoms with Crippen LogP contribution in [-0.4, -0.2) is 59.4 Å². The summed E-state index contributed by atoms with van der Waals surface area (Å²) in [4.78, 5) is 29.7. The number of ether oxygens (including phenoxy) is 1. The molecular formula is C27H31FN2O4. The van der Waals surface area contributed by atoms with Gasteiger partial charge in [0.1, 0.15) is 23.9 Å². The van der Waals surface area contributed by atoms with Gasteiger partial charge in [-0.3, -0.25) is 9.59 Å². The molecule has 6 nitrogen and oxygen atoms in total. The van der Waals surface area contributed by atoms with Crippen LogP contribution in [-0.2, 0) is 9.59 Å². The molecule has 3 rings (SSSR count). The van der Waals surface area contributed by atoms with Gasteiger partial charge >= 0.3 is 0 Å². The highest BCUT2D eigenvalue weighted by Gasteiger charge is 2.46. The molecule has 0 aliphatic carbocycles. The molecule has 0 saturated carbocycles. The van der Waals surface area contributed by atoms with Gasteiger partial charge in [-0.25, -0.2) is 4.39 Å². The lowest BCUT2D eigenvalue weighted by molar-refractivity contribution is -0.140. The van der Waals surface area contributed by atoms with Gasteiger partial charge in [0.05, 0.1) is 11.6 Å². The lowest BCUT2D eigenvalue weighted by Gasteiger charge is -2.28. The van der Waals surface area contributed by atoms with Gasteiger partial charge in [0, 0.05) is 24.2 Å². The first kappa shape index (κ1) is 25.2. The maximum atomic E-state index is 14.9. The zero-order valence-electron chi connectivity index (χ0n) is 19.9. The molecule has 1 atom stereocenters. The summed E-state index contributed by atoms with van der Waals surface area (Å²) in [5.74, 6) is -1.86. The summed E-state index contributed by atoms with van der Waals surface area (Å²) in [5, 5.41) is 11.3. The molecule has 1 saturated heterocycles. The molecule has 1 aliphatic rings. The molecule has 34 heavy (non-hydrogen) atoms. The number of halogens is 1. The number of hydrogen-bond donors (Lipinski definition) is 1. The van der Waals surface area contributed by atoms with E-state index in [1.165, 1.54) is 11.0 Å². The van der Waals surface area contributed by atoms with E-state index in [4.69, 9.17) is 4.74 Å². The van der Waals surface area contributed by atoms with Gasteiger partial charge in [-0.15, -0.1) is 0 Å². The van der Waals surface area contributed by atoms with Crippen molar-refractivity contribution in [3.63, 3.8) is 0 Å². The van der Waals surface area contributed by atoms with E-state index in [0.717, 1.165) is 13.1 Å². The number of nitrogens with zero attached hydrogens (tertiary/aromatic N) is 2. The van der Waals surface area contributed by atoms with Crippen LogP contribution in [0, 0.1) is 12.7 Å². The highest BCUT2D eigenvalue weighted by molar-refractivity contribution is 6.46. The predicted octanol–water partition coefficient (Wildman–Crippen LogP) is 4.46. The van der Waals surface area contributed by atoms with Gasteiger partial charge in [-0.1, -0.05) is 44.7 Å². The first-order valence-electron chi connectivity index (χ1n) is 11.4. The minimum absolute atomic E-state index is 0.113. The molecule has 0 radical (unpaired) electrons. The summed E-state index contributed by atoms with van der Waals surface area (Å²) < 4.78 is 20.4. The zero-order chi connectivity index (χ0) is 24.8. The number of hydrogen-bond acceptors (Lipinski definition) is 5. The fourth-order valence-electron chi connectivity index (χ4n) is 4.21. The number of ketones is 1. The van der Waals surface area contributed by atoms with E-state index in [1.54, 1.807) is 49.4 Å². The summed E-state index contributed by atoms with van der Waals surface area (Å²) in [7, 11) is 0. The molecule has 1 amide bonds. The Morgan fingerprint density at radius 2 is 1.91 bits per heavy atom. The van der Waals surface area contributed by atoms with Crippen molar-refractivity contribution in [1.29, 1.82) is 0 Å². The number of rotatable bonds is 10. The molecular weight excluding hydrogens is 435 g/mol. The summed E-state index contributed by atoms with van der Waals surface area (Å²) in [5.41, 5.74) is 1.10. The summed E-state index contributed by atoms with van der Waals surface area (Å²) in [6, 6.07) is 10.0. The highest BCUT2D eigenvalue weighted by Crippen LogP contribution is 2.40. The molecule has 2 aromatic carbocycles. The second-order valence-corrected chi connectivity index (χ2v) is 8.12. The standard InChI is InChI=1S/C27H31FN2O4/c1-5-16-34-19-12-13-20(18(4)17-19)25(31)23-24(21-10-8-9-11-22(21)28)30(27(33)26(23)32)15-14-29(6-2)7-3/h5,8-13,17,24,31H,1,6-7,14-16H2,2-4H3/t24-/m1/s1. The van der Waals surface area contributed by atoms with E-state index in [9.17, 15) is 19.1 Å². The molecule has 1 fully saturated rings. The molecule has 0 aromatic heterocycles. The molecule has 0 spiro atoms. The van der Waals surface area contributed by atoms with Gasteiger partial charge in [0.15, 0.2) is 0 Å². The maximum Gasteiger partial charge on any atom is 0.295 e. The summed E-state index contributed by atoms with van der Waals surface area (Å²) >= 11 is 0. The fourth-order valence-corrected chi connectivity index (χ4v) is 4.21. The van der Waals surface area contributed by atoms with Crippen LogP contribution in [0.25, 0.3) is 5.76 Å². The van der Waals surface area contributed by atoms with Crippen molar-refractivity contribution in [2.45, 2.75) is 26.8 Å². The minimum atomic E-state index is -1.02. The number of amides is 1. The van der Waals surface area contributed by atoms with Crippen molar-refractivity contribution in [3.8, 4) is 5.75 Å². The lowest BCUT2D eigenvalue weighted by atomic mass is 9.93. The van der Waals surface area contributed by atoms with Crippen molar-refractivity contribution >= 4 is 17.4 Å². The number of aryl methyl sites for hydroxylation is 1. The van der Waals surface area contributed by atoms with Crippen molar-refractivity contribution < 1.29 is 23.8 Å². The van der Waals surface area contributed by atoms with Crippen LogP contribution in [0.2, 0.25) is 0 Å². The molecule has 180 valence electrons. The monoisotopic (exact) mass is 466 g/mol. The van der Waals surface area contributed by atoms with E-state index in [-0.39, 0.29) is 23.4 Å². The third-order valence-electron chi connectivity index (χ3n) is 6.11. The molecule has 0 unspecified atom stereocenters.